The van der Waals surface area contributed by atoms with Gasteiger partial charge in [0.25, 0.3) is 0 Å². The summed E-state index contributed by atoms with van der Waals surface area (Å²) in [6.45, 7) is 3.53. The van der Waals surface area contributed by atoms with Crippen molar-refractivity contribution in [1.29, 1.82) is 0 Å². The second-order valence-electron chi connectivity index (χ2n) is 26.0. The number of unbranched alkanes of at least 4 members (excludes halogenated alkanes) is 53. The highest BCUT2D eigenvalue weighted by Crippen LogP contribution is 2.24. The van der Waals surface area contributed by atoms with Crippen LogP contribution in [0.2, 0.25) is 0 Å². The van der Waals surface area contributed by atoms with Crippen molar-refractivity contribution in [3.05, 3.63) is 0 Å². The largest absolute Gasteiger partial charge is 0.394 e. The van der Waals surface area contributed by atoms with Crippen LogP contribution in [-0.4, -0.2) is 110 Å². The lowest BCUT2D eigenvalue weighted by Crippen LogP contribution is -2.60. The maximum Gasteiger partial charge on any atom is 0.249 e. The molecule has 0 aliphatic carbocycles. The molecule has 1 aliphatic rings. The SMILES string of the molecule is CCCCCCCCCCCCCCCCCCCCCCCCCCCCCCCC(O)C(O)C(COC1OC(CO)C(O)C(O)C1O)NC(=O)C(O)CCCCCCCCCCCCCCCCCCCCCCCCCCCC. The van der Waals surface area contributed by atoms with E-state index in [9.17, 15) is 40.5 Å². The molecule has 9 atom stereocenters. The summed E-state index contributed by atoms with van der Waals surface area (Å²) in [5.41, 5.74) is 0. The lowest BCUT2D eigenvalue weighted by atomic mass is 9.98. The van der Waals surface area contributed by atoms with Gasteiger partial charge in [0.1, 0.15) is 36.6 Å². The van der Waals surface area contributed by atoms with E-state index in [1.54, 1.807) is 0 Å². The number of rotatable bonds is 65. The lowest BCUT2D eigenvalue weighted by molar-refractivity contribution is -0.303. The summed E-state index contributed by atoms with van der Waals surface area (Å²) < 4.78 is 11.2. The fourth-order valence-electron chi connectivity index (χ4n) is 12.3. The molecule has 11 nitrogen and oxygen atoms in total. The monoisotopic (exact) mass is 1170 g/mol. The molecule has 1 heterocycles. The number of nitrogens with one attached hydrogen (secondary N) is 1. The molecule has 11 heteroatoms. The summed E-state index contributed by atoms with van der Waals surface area (Å²) in [6, 6.07) is -1.16. The maximum atomic E-state index is 13.3. The van der Waals surface area contributed by atoms with Crippen LogP contribution in [0.4, 0.5) is 0 Å². The smallest absolute Gasteiger partial charge is 0.249 e. The molecule has 8 N–H and O–H groups in total. The van der Waals surface area contributed by atoms with E-state index in [1.807, 2.05) is 0 Å². The minimum Gasteiger partial charge on any atom is -0.394 e. The molecule has 82 heavy (non-hydrogen) atoms. The molecule has 1 fully saturated rings. The van der Waals surface area contributed by atoms with Crippen molar-refractivity contribution in [2.24, 2.45) is 0 Å². The molecule has 1 saturated heterocycles. The van der Waals surface area contributed by atoms with Crippen molar-refractivity contribution in [3.63, 3.8) is 0 Å². The summed E-state index contributed by atoms with van der Waals surface area (Å²) >= 11 is 0. The van der Waals surface area contributed by atoms with Crippen LogP contribution in [0, 0.1) is 0 Å². The van der Waals surface area contributed by atoms with Crippen LogP contribution in [0.25, 0.3) is 0 Å². The molecule has 0 spiro atoms. The minimum absolute atomic E-state index is 0.268. The zero-order valence-corrected chi connectivity index (χ0v) is 54.3. The fourth-order valence-corrected chi connectivity index (χ4v) is 12.3. The zero-order chi connectivity index (χ0) is 59.6. The first-order valence-electron chi connectivity index (χ1n) is 36.4. The fraction of sp³-hybridized carbons (Fsp3) is 0.986. The molecule has 0 saturated carbocycles. The molecular weight excluding hydrogens is 1030 g/mol. The number of hydrogen-bond donors (Lipinski definition) is 8. The molecule has 0 aromatic rings. The number of aliphatic hydroxyl groups excluding tert-OH is 7. The minimum atomic E-state index is -1.66. The molecule has 1 rings (SSSR count). The Balaban J connectivity index is 2.17. The van der Waals surface area contributed by atoms with Crippen molar-refractivity contribution in [2.45, 2.75) is 435 Å². The molecule has 0 aromatic heterocycles. The van der Waals surface area contributed by atoms with Gasteiger partial charge < -0.3 is 50.5 Å². The molecule has 0 radical (unpaired) electrons. The first-order valence-corrected chi connectivity index (χ1v) is 36.4. The third kappa shape index (κ3) is 47.2. The second-order valence-corrected chi connectivity index (χ2v) is 26.0. The number of carbonyl (C=O) groups is 1. The van der Waals surface area contributed by atoms with Crippen molar-refractivity contribution >= 4 is 5.91 Å². The van der Waals surface area contributed by atoms with Gasteiger partial charge in [0.05, 0.1) is 25.4 Å². The zero-order valence-electron chi connectivity index (χ0n) is 54.3. The average molecular weight is 1170 g/mol. The van der Waals surface area contributed by atoms with Crippen LogP contribution < -0.4 is 5.32 Å². The molecule has 1 aliphatic heterocycles. The van der Waals surface area contributed by atoms with Crippen LogP contribution in [0.1, 0.15) is 380 Å². The quantitative estimate of drug-likeness (QED) is 0.0272. The Morgan fingerprint density at radius 3 is 0.902 bits per heavy atom. The van der Waals surface area contributed by atoms with Crippen LogP contribution in [0.15, 0.2) is 0 Å². The highest BCUT2D eigenvalue weighted by Gasteiger charge is 2.44. The third-order valence-corrected chi connectivity index (χ3v) is 18.2. The van der Waals surface area contributed by atoms with Gasteiger partial charge in [-0.1, -0.05) is 367 Å². The van der Waals surface area contributed by atoms with E-state index >= 15 is 0 Å². The predicted molar refractivity (Wildman–Crippen MR) is 344 cm³/mol. The highest BCUT2D eigenvalue weighted by atomic mass is 16.7. The molecule has 0 aromatic carbocycles. The summed E-state index contributed by atoms with van der Waals surface area (Å²) in [7, 11) is 0. The van der Waals surface area contributed by atoms with Gasteiger partial charge in [-0.15, -0.1) is 0 Å². The standard InChI is InChI=1S/C71H141NO10/c1-3-5-7-9-11-13-15-17-19-21-23-25-27-29-31-32-33-35-36-38-40-42-44-46-48-50-52-54-56-58-63(74)66(76)62(61-81-71-69(79)68(78)67(77)65(60-73)82-71)72-70(80)64(75)59-57-55-53-51-49-47-45-43-41-39-37-34-30-28-26-24-22-20-18-16-14-12-10-8-6-4-2/h62-69,71,73-79H,3-61H2,1-2H3,(H,72,80). The van der Waals surface area contributed by atoms with Crippen molar-refractivity contribution in [3.8, 4) is 0 Å². The van der Waals surface area contributed by atoms with Gasteiger partial charge in [-0.2, -0.15) is 0 Å². The van der Waals surface area contributed by atoms with Gasteiger partial charge in [0.15, 0.2) is 6.29 Å². The molecule has 1 amide bonds. The highest BCUT2D eigenvalue weighted by molar-refractivity contribution is 5.80. The van der Waals surface area contributed by atoms with E-state index in [2.05, 4.69) is 19.2 Å². The Morgan fingerprint density at radius 1 is 0.378 bits per heavy atom. The molecule has 0 bridgehead atoms. The van der Waals surface area contributed by atoms with Gasteiger partial charge >= 0.3 is 0 Å². The Hall–Kier alpha value is -0.890. The summed E-state index contributed by atoms with van der Waals surface area (Å²) in [5.74, 6) is -0.686. The van der Waals surface area contributed by atoms with Crippen molar-refractivity contribution < 1.29 is 50.0 Å². The van der Waals surface area contributed by atoms with E-state index < -0.39 is 74.2 Å². The Kier molecular flexibility index (Phi) is 58.3. The Labute approximate surface area is 507 Å². The first-order chi connectivity index (χ1) is 40.2. The van der Waals surface area contributed by atoms with E-state index in [0.717, 1.165) is 38.5 Å². The van der Waals surface area contributed by atoms with E-state index in [4.69, 9.17) is 9.47 Å². The Bertz CT molecular complexity index is 1290. The number of hydrogen-bond acceptors (Lipinski definition) is 10. The normalized spacial score (nSPS) is 19.0. The van der Waals surface area contributed by atoms with Crippen LogP contribution in [0.3, 0.4) is 0 Å². The number of ether oxygens (including phenoxy) is 2. The van der Waals surface area contributed by atoms with Gasteiger partial charge in [-0.05, 0) is 12.8 Å². The van der Waals surface area contributed by atoms with Crippen molar-refractivity contribution in [2.75, 3.05) is 13.2 Å². The topological polar surface area (TPSA) is 189 Å². The van der Waals surface area contributed by atoms with Crippen molar-refractivity contribution in [1.82, 2.24) is 5.32 Å². The van der Waals surface area contributed by atoms with E-state index in [-0.39, 0.29) is 6.42 Å². The second kappa shape index (κ2) is 60.4. The van der Waals surface area contributed by atoms with Gasteiger partial charge in [0, 0.05) is 0 Å². The Morgan fingerprint density at radius 2 is 0.634 bits per heavy atom. The molecule has 9 unspecified atom stereocenters. The number of amides is 1. The number of carbonyl (C=O) groups excluding carboxylic acids is 1. The van der Waals surface area contributed by atoms with Crippen LogP contribution >= 0.6 is 0 Å². The van der Waals surface area contributed by atoms with Gasteiger partial charge in [0.2, 0.25) is 5.91 Å². The average Bonchev–Trinajstić information content (AvgIpc) is 3.48. The lowest BCUT2D eigenvalue weighted by Gasteiger charge is -2.40. The predicted octanol–water partition coefficient (Wildman–Crippen LogP) is 17.6. The summed E-state index contributed by atoms with van der Waals surface area (Å²) in [6.07, 6.45) is 61.9. The van der Waals surface area contributed by atoms with E-state index in [1.165, 1.54) is 302 Å². The first kappa shape index (κ1) is 79.1. The van der Waals surface area contributed by atoms with Crippen LogP contribution in [0.5, 0.6) is 0 Å². The molecule has 490 valence electrons. The van der Waals surface area contributed by atoms with Gasteiger partial charge in [-0.25, -0.2) is 0 Å². The van der Waals surface area contributed by atoms with Crippen LogP contribution in [-0.2, 0) is 14.3 Å². The third-order valence-electron chi connectivity index (χ3n) is 18.2. The maximum absolute atomic E-state index is 13.3. The summed E-state index contributed by atoms with van der Waals surface area (Å²) in [5, 5.41) is 76.6. The van der Waals surface area contributed by atoms with Gasteiger partial charge in [-0.3, -0.25) is 4.79 Å². The van der Waals surface area contributed by atoms with E-state index in [0.29, 0.717) is 19.3 Å². The number of aliphatic hydroxyl groups is 7. The summed E-state index contributed by atoms with van der Waals surface area (Å²) in [4.78, 5) is 13.3. The molecular formula is C71H141NO10.